The lowest BCUT2D eigenvalue weighted by Crippen LogP contribution is -2.24. The fraction of sp³-hybridized carbons (Fsp3) is 0.308. The molecule has 0 aliphatic carbocycles. The Kier molecular flexibility index (Phi) is 5.07. The first kappa shape index (κ1) is 12.8. The number of hydrogen-bond acceptors (Lipinski definition) is 1. The minimum Gasteiger partial charge on any atom is -0.304 e. The molecule has 0 aliphatic rings. The molecule has 0 atom stereocenters. The van der Waals surface area contributed by atoms with Gasteiger partial charge in [-0.2, -0.15) is 0 Å². The van der Waals surface area contributed by atoms with Gasteiger partial charge >= 0.3 is 5.91 Å². The van der Waals surface area contributed by atoms with Crippen molar-refractivity contribution in [3.05, 3.63) is 28.7 Å². The van der Waals surface area contributed by atoms with Crippen LogP contribution < -0.4 is 4.90 Å². The van der Waals surface area contributed by atoms with E-state index in [2.05, 4.69) is 27.8 Å². The summed E-state index contributed by atoms with van der Waals surface area (Å²) >= 11 is 3.40. The Morgan fingerprint density at radius 3 is 2.75 bits per heavy atom. The molecule has 0 aromatic heterocycles. The van der Waals surface area contributed by atoms with E-state index in [9.17, 15) is 4.79 Å². The number of rotatable bonds is 2. The standard InChI is InChI=1S/C13H14BrNO/c1-3-4-5-10-13(16)15(2)12-9-7-6-8-11(12)14/h6-9H,3-4H2,1-2H3. The zero-order valence-electron chi connectivity index (χ0n) is 9.46. The summed E-state index contributed by atoms with van der Waals surface area (Å²) in [7, 11) is 1.73. The fourth-order valence-corrected chi connectivity index (χ4v) is 1.73. The lowest BCUT2D eigenvalue weighted by atomic mass is 10.3. The maximum absolute atomic E-state index is 11.7. The molecule has 0 saturated heterocycles. The first-order chi connectivity index (χ1) is 7.66. The second kappa shape index (κ2) is 6.34. The van der Waals surface area contributed by atoms with Gasteiger partial charge in [-0.1, -0.05) is 25.0 Å². The third-order valence-corrected chi connectivity index (χ3v) is 2.76. The highest BCUT2D eigenvalue weighted by Gasteiger charge is 2.10. The Bertz CT molecular complexity index is 431. The number of unbranched alkanes of at least 4 members (excludes halogenated alkanes) is 1. The van der Waals surface area contributed by atoms with Gasteiger partial charge in [-0.15, -0.1) is 0 Å². The molecule has 84 valence electrons. The Morgan fingerprint density at radius 1 is 1.44 bits per heavy atom. The first-order valence-electron chi connectivity index (χ1n) is 5.18. The van der Waals surface area contributed by atoms with E-state index < -0.39 is 0 Å². The number of anilines is 1. The number of benzene rings is 1. The predicted molar refractivity (Wildman–Crippen MR) is 70.2 cm³/mol. The molecule has 16 heavy (non-hydrogen) atoms. The maximum Gasteiger partial charge on any atom is 0.302 e. The summed E-state index contributed by atoms with van der Waals surface area (Å²) < 4.78 is 0.892. The summed E-state index contributed by atoms with van der Waals surface area (Å²) in [5.74, 6) is 5.29. The lowest BCUT2D eigenvalue weighted by molar-refractivity contribution is -0.113. The van der Waals surface area contributed by atoms with E-state index in [-0.39, 0.29) is 5.91 Å². The van der Waals surface area contributed by atoms with Crippen molar-refractivity contribution in [2.75, 3.05) is 11.9 Å². The molecule has 0 heterocycles. The van der Waals surface area contributed by atoms with E-state index in [4.69, 9.17) is 0 Å². The second-order valence-electron chi connectivity index (χ2n) is 3.37. The smallest absolute Gasteiger partial charge is 0.302 e. The summed E-state index contributed by atoms with van der Waals surface area (Å²) in [6.45, 7) is 2.04. The third kappa shape index (κ3) is 3.39. The number of carbonyl (C=O) groups excluding carboxylic acids is 1. The minimum absolute atomic E-state index is 0.180. The van der Waals surface area contributed by atoms with Crippen LogP contribution >= 0.6 is 15.9 Å². The van der Waals surface area contributed by atoms with Crippen molar-refractivity contribution in [1.82, 2.24) is 0 Å². The van der Waals surface area contributed by atoms with E-state index >= 15 is 0 Å². The molecule has 1 rings (SSSR count). The van der Waals surface area contributed by atoms with E-state index in [1.165, 1.54) is 0 Å². The van der Waals surface area contributed by atoms with Gasteiger partial charge in [0.25, 0.3) is 0 Å². The van der Waals surface area contributed by atoms with Crippen LogP contribution in [-0.2, 0) is 4.79 Å². The van der Waals surface area contributed by atoms with Crippen molar-refractivity contribution in [1.29, 1.82) is 0 Å². The molecule has 3 heteroatoms. The highest BCUT2D eigenvalue weighted by atomic mass is 79.9. The van der Waals surface area contributed by atoms with Gasteiger partial charge in [-0.25, -0.2) is 0 Å². The van der Waals surface area contributed by atoms with Crippen LogP contribution in [0.4, 0.5) is 5.69 Å². The molecule has 0 fully saturated rings. The molecule has 1 amide bonds. The van der Waals surface area contributed by atoms with Gasteiger partial charge in [0.15, 0.2) is 0 Å². The Morgan fingerprint density at radius 2 is 2.12 bits per heavy atom. The van der Waals surface area contributed by atoms with Crippen LogP contribution in [-0.4, -0.2) is 13.0 Å². The topological polar surface area (TPSA) is 20.3 Å². The molecule has 0 spiro atoms. The Labute approximate surface area is 105 Å². The molecule has 0 radical (unpaired) electrons. The summed E-state index contributed by atoms with van der Waals surface area (Å²) in [4.78, 5) is 13.3. The Hall–Kier alpha value is -1.27. The lowest BCUT2D eigenvalue weighted by Gasteiger charge is -2.15. The summed E-state index contributed by atoms with van der Waals surface area (Å²) in [5, 5.41) is 0. The number of halogens is 1. The van der Waals surface area contributed by atoms with Crippen molar-refractivity contribution < 1.29 is 4.79 Å². The third-order valence-electron chi connectivity index (χ3n) is 2.09. The minimum atomic E-state index is -0.180. The summed E-state index contributed by atoms with van der Waals surface area (Å²) in [5.41, 5.74) is 0.832. The van der Waals surface area contributed by atoms with E-state index in [0.717, 1.165) is 23.0 Å². The molecular weight excluding hydrogens is 266 g/mol. The molecule has 1 aromatic rings. The summed E-state index contributed by atoms with van der Waals surface area (Å²) in [6, 6.07) is 7.58. The van der Waals surface area contributed by atoms with Crippen molar-refractivity contribution in [2.45, 2.75) is 19.8 Å². The number of amides is 1. The van der Waals surface area contributed by atoms with Crippen LogP contribution in [0.1, 0.15) is 19.8 Å². The van der Waals surface area contributed by atoms with Gasteiger partial charge in [-0.3, -0.25) is 4.79 Å². The average molecular weight is 280 g/mol. The van der Waals surface area contributed by atoms with Crippen LogP contribution in [0.3, 0.4) is 0 Å². The maximum atomic E-state index is 11.7. The number of carbonyl (C=O) groups is 1. The largest absolute Gasteiger partial charge is 0.304 e. The number of nitrogens with zero attached hydrogens (tertiary/aromatic N) is 1. The number of para-hydroxylation sites is 1. The van der Waals surface area contributed by atoms with Gasteiger partial charge in [0.05, 0.1) is 5.69 Å². The van der Waals surface area contributed by atoms with Gasteiger partial charge in [0, 0.05) is 17.9 Å². The molecule has 0 N–H and O–H groups in total. The van der Waals surface area contributed by atoms with Crippen molar-refractivity contribution >= 4 is 27.5 Å². The van der Waals surface area contributed by atoms with Crippen LogP contribution in [0.2, 0.25) is 0 Å². The van der Waals surface area contributed by atoms with Crippen LogP contribution in [0.25, 0.3) is 0 Å². The molecule has 0 saturated carbocycles. The average Bonchev–Trinajstić information content (AvgIpc) is 2.29. The monoisotopic (exact) mass is 279 g/mol. The molecule has 0 aliphatic heterocycles. The zero-order chi connectivity index (χ0) is 12.0. The summed E-state index contributed by atoms with van der Waals surface area (Å²) in [6.07, 6.45) is 1.73. The predicted octanol–water partition coefficient (Wildman–Crippen LogP) is 3.22. The van der Waals surface area contributed by atoms with Crippen LogP contribution in [0.15, 0.2) is 28.7 Å². The highest BCUT2D eigenvalue weighted by molar-refractivity contribution is 9.10. The van der Waals surface area contributed by atoms with Gasteiger partial charge in [0.2, 0.25) is 0 Å². The van der Waals surface area contributed by atoms with Crippen LogP contribution in [0, 0.1) is 11.8 Å². The van der Waals surface area contributed by atoms with Crippen molar-refractivity contribution in [3.8, 4) is 11.8 Å². The van der Waals surface area contributed by atoms with Gasteiger partial charge in [0.1, 0.15) is 0 Å². The molecule has 2 nitrogen and oxygen atoms in total. The number of hydrogen-bond donors (Lipinski definition) is 0. The first-order valence-corrected chi connectivity index (χ1v) is 5.97. The normalized spacial score (nSPS) is 9.19. The van der Waals surface area contributed by atoms with Gasteiger partial charge < -0.3 is 4.90 Å². The molecule has 0 bridgehead atoms. The Balaban J connectivity index is 2.80. The van der Waals surface area contributed by atoms with Gasteiger partial charge in [-0.05, 0) is 40.4 Å². The van der Waals surface area contributed by atoms with E-state index in [1.807, 2.05) is 31.2 Å². The van der Waals surface area contributed by atoms with Crippen molar-refractivity contribution in [2.24, 2.45) is 0 Å². The fourth-order valence-electron chi connectivity index (χ4n) is 1.18. The SMILES string of the molecule is CCCC#CC(=O)N(C)c1ccccc1Br. The molecule has 0 unspecified atom stereocenters. The van der Waals surface area contributed by atoms with E-state index in [1.54, 1.807) is 11.9 Å². The van der Waals surface area contributed by atoms with Crippen LogP contribution in [0.5, 0.6) is 0 Å². The quantitative estimate of drug-likeness (QED) is 0.762. The second-order valence-corrected chi connectivity index (χ2v) is 4.22. The highest BCUT2D eigenvalue weighted by Crippen LogP contribution is 2.24. The zero-order valence-corrected chi connectivity index (χ0v) is 11.0. The molecule has 1 aromatic carbocycles. The van der Waals surface area contributed by atoms with E-state index in [0.29, 0.717) is 0 Å². The molecular formula is C13H14BrNO. The van der Waals surface area contributed by atoms with Crippen molar-refractivity contribution in [3.63, 3.8) is 0 Å².